The number of Topliss-reactive ketones (excluding diaryl/α,β-unsaturated/α-hetero) is 2. The van der Waals surface area contributed by atoms with E-state index >= 15 is 0 Å². The van der Waals surface area contributed by atoms with E-state index < -0.39 is 11.7 Å². The number of carbonyl (C=O) groups excluding carboxylic acids is 3. The Morgan fingerprint density at radius 1 is 0.769 bits per heavy atom. The number of hydrogen-bond donors (Lipinski definition) is 3. The molecule has 0 aliphatic heterocycles. The lowest BCUT2D eigenvalue weighted by Crippen LogP contribution is -2.35. The van der Waals surface area contributed by atoms with Crippen LogP contribution in [-0.2, 0) is 4.79 Å². The van der Waals surface area contributed by atoms with Crippen LogP contribution in [0.4, 0.5) is 0 Å². The smallest absolute Gasteiger partial charge is 0.292 e. The molecular formula is C20H15N3O3. The van der Waals surface area contributed by atoms with Crippen LogP contribution in [0.3, 0.4) is 0 Å². The molecule has 0 aliphatic rings. The van der Waals surface area contributed by atoms with Crippen LogP contribution >= 0.6 is 0 Å². The molecule has 0 aliphatic carbocycles. The fourth-order valence-corrected chi connectivity index (χ4v) is 3.02. The second kappa shape index (κ2) is 6.33. The highest BCUT2D eigenvalue weighted by molar-refractivity contribution is 6.45. The Labute approximate surface area is 148 Å². The number of H-pyrrole nitrogens is 2. The average molecular weight is 345 g/mol. The molecule has 2 heterocycles. The fourth-order valence-electron chi connectivity index (χ4n) is 3.02. The molecule has 6 nitrogen and oxygen atoms in total. The number of aromatic nitrogens is 2. The van der Waals surface area contributed by atoms with Gasteiger partial charge in [-0.2, -0.15) is 0 Å². The molecule has 2 aromatic carbocycles. The SMILES string of the molecule is O=C(NCC(=O)c1c[nH]c2ccccc12)C(=O)c1c[nH]c2ccccc12. The summed E-state index contributed by atoms with van der Waals surface area (Å²) in [5, 5.41) is 3.89. The van der Waals surface area contributed by atoms with Crippen molar-refractivity contribution in [3.8, 4) is 0 Å². The van der Waals surface area contributed by atoms with Crippen molar-refractivity contribution in [2.75, 3.05) is 6.54 Å². The molecule has 0 atom stereocenters. The quantitative estimate of drug-likeness (QED) is 0.383. The number of amides is 1. The number of fused-ring (bicyclic) bond motifs is 2. The van der Waals surface area contributed by atoms with Crippen LogP contribution in [0.2, 0.25) is 0 Å². The van der Waals surface area contributed by atoms with Gasteiger partial charge in [-0.05, 0) is 12.1 Å². The Morgan fingerprint density at radius 3 is 1.96 bits per heavy atom. The summed E-state index contributed by atoms with van der Waals surface area (Å²) in [6.45, 7) is -0.241. The van der Waals surface area contributed by atoms with Crippen LogP contribution in [0.5, 0.6) is 0 Å². The van der Waals surface area contributed by atoms with E-state index in [-0.39, 0.29) is 17.9 Å². The molecule has 0 saturated carbocycles. The third-order valence-electron chi connectivity index (χ3n) is 4.34. The van der Waals surface area contributed by atoms with Crippen LogP contribution < -0.4 is 5.32 Å². The highest BCUT2D eigenvalue weighted by atomic mass is 16.2. The lowest BCUT2D eigenvalue weighted by atomic mass is 10.1. The Hall–Kier alpha value is -3.67. The fraction of sp³-hybridized carbons (Fsp3) is 0.0500. The van der Waals surface area contributed by atoms with Gasteiger partial charge < -0.3 is 15.3 Å². The van der Waals surface area contributed by atoms with E-state index in [1.165, 1.54) is 6.20 Å². The lowest BCUT2D eigenvalue weighted by molar-refractivity contribution is -0.116. The number of para-hydroxylation sites is 2. The molecule has 0 bridgehead atoms. The van der Waals surface area contributed by atoms with Crippen LogP contribution in [-0.4, -0.2) is 34.0 Å². The van der Waals surface area contributed by atoms with Gasteiger partial charge in [0.1, 0.15) is 0 Å². The standard InChI is InChI=1S/C20H15N3O3/c24-18(14-9-21-16-7-3-1-5-12(14)16)11-23-20(26)19(25)15-10-22-17-8-4-2-6-13(15)17/h1-10,21-22H,11H2,(H,23,26). The van der Waals surface area contributed by atoms with Crippen LogP contribution in [0.25, 0.3) is 21.8 Å². The minimum absolute atomic E-state index is 0.241. The molecule has 2 aromatic heterocycles. The molecule has 0 unspecified atom stereocenters. The first kappa shape index (κ1) is 15.8. The van der Waals surface area contributed by atoms with Gasteiger partial charge in [0.2, 0.25) is 0 Å². The first-order valence-corrected chi connectivity index (χ1v) is 8.13. The van der Waals surface area contributed by atoms with E-state index in [2.05, 4.69) is 15.3 Å². The number of rotatable bonds is 5. The van der Waals surface area contributed by atoms with Gasteiger partial charge in [-0.3, -0.25) is 14.4 Å². The van der Waals surface area contributed by atoms with Crippen molar-refractivity contribution in [1.82, 2.24) is 15.3 Å². The third-order valence-corrected chi connectivity index (χ3v) is 4.34. The summed E-state index contributed by atoms with van der Waals surface area (Å²) >= 11 is 0. The highest BCUT2D eigenvalue weighted by Crippen LogP contribution is 2.19. The Kier molecular flexibility index (Phi) is 3.85. The number of carbonyl (C=O) groups is 3. The van der Waals surface area contributed by atoms with E-state index in [0.717, 1.165) is 16.4 Å². The van der Waals surface area contributed by atoms with Gasteiger partial charge in [-0.25, -0.2) is 0 Å². The maximum atomic E-state index is 12.4. The number of benzene rings is 2. The molecule has 4 aromatic rings. The van der Waals surface area contributed by atoms with Crippen molar-refractivity contribution in [2.24, 2.45) is 0 Å². The van der Waals surface area contributed by atoms with Gasteiger partial charge in [0.05, 0.1) is 12.1 Å². The summed E-state index contributed by atoms with van der Waals surface area (Å²) in [7, 11) is 0. The summed E-state index contributed by atoms with van der Waals surface area (Å²) in [6, 6.07) is 14.6. The largest absolute Gasteiger partial charge is 0.360 e. The summed E-state index contributed by atoms with van der Waals surface area (Å²) in [4.78, 5) is 42.9. The molecule has 0 fully saturated rings. The van der Waals surface area contributed by atoms with E-state index in [9.17, 15) is 14.4 Å². The zero-order valence-electron chi connectivity index (χ0n) is 13.7. The summed E-state index contributed by atoms with van der Waals surface area (Å²) in [6.07, 6.45) is 3.12. The molecule has 128 valence electrons. The molecule has 1 amide bonds. The van der Waals surface area contributed by atoms with E-state index in [1.807, 2.05) is 36.4 Å². The molecule has 3 N–H and O–H groups in total. The summed E-state index contributed by atoms with van der Waals surface area (Å²) < 4.78 is 0. The van der Waals surface area contributed by atoms with Crippen LogP contribution in [0.1, 0.15) is 20.7 Å². The molecule has 0 spiro atoms. The average Bonchev–Trinajstić information content (AvgIpc) is 3.29. The molecule has 26 heavy (non-hydrogen) atoms. The van der Waals surface area contributed by atoms with Gasteiger partial charge in [0, 0.05) is 39.8 Å². The minimum atomic E-state index is -0.803. The van der Waals surface area contributed by atoms with Crippen LogP contribution in [0, 0.1) is 0 Å². The highest BCUT2D eigenvalue weighted by Gasteiger charge is 2.21. The van der Waals surface area contributed by atoms with Crippen molar-refractivity contribution < 1.29 is 14.4 Å². The first-order chi connectivity index (χ1) is 12.6. The van der Waals surface area contributed by atoms with Gasteiger partial charge in [0.15, 0.2) is 5.78 Å². The number of hydrogen-bond acceptors (Lipinski definition) is 3. The van der Waals surface area contributed by atoms with Gasteiger partial charge in [0.25, 0.3) is 11.7 Å². The molecule has 0 radical (unpaired) electrons. The van der Waals surface area contributed by atoms with E-state index in [0.29, 0.717) is 10.9 Å². The Bertz CT molecular complexity index is 1150. The van der Waals surface area contributed by atoms with Gasteiger partial charge >= 0.3 is 0 Å². The van der Waals surface area contributed by atoms with Crippen molar-refractivity contribution in [1.29, 1.82) is 0 Å². The van der Waals surface area contributed by atoms with Crippen molar-refractivity contribution in [3.63, 3.8) is 0 Å². The lowest BCUT2D eigenvalue weighted by Gasteiger charge is -2.03. The third kappa shape index (κ3) is 2.67. The monoisotopic (exact) mass is 345 g/mol. The predicted molar refractivity (Wildman–Crippen MR) is 98.3 cm³/mol. The molecule has 4 rings (SSSR count). The van der Waals surface area contributed by atoms with E-state index in [4.69, 9.17) is 0 Å². The molecule has 0 saturated heterocycles. The Balaban J connectivity index is 1.48. The van der Waals surface area contributed by atoms with Crippen LogP contribution in [0.15, 0.2) is 60.9 Å². The number of nitrogens with one attached hydrogen (secondary N) is 3. The number of ketones is 2. The topological polar surface area (TPSA) is 94.8 Å². The van der Waals surface area contributed by atoms with Crippen molar-refractivity contribution >= 4 is 39.3 Å². The Morgan fingerprint density at radius 2 is 1.31 bits per heavy atom. The van der Waals surface area contributed by atoms with Gasteiger partial charge in [-0.1, -0.05) is 36.4 Å². The normalized spacial score (nSPS) is 10.9. The summed E-state index contributed by atoms with van der Waals surface area (Å²) in [5.41, 5.74) is 2.40. The first-order valence-electron chi connectivity index (χ1n) is 8.13. The van der Waals surface area contributed by atoms with Gasteiger partial charge in [-0.15, -0.1) is 0 Å². The van der Waals surface area contributed by atoms with Crippen molar-refractivity contribution in [2.45, 2.75) is 0 Å². The molecular weight excluding hydrogens is 330 g/mol. The zero-order chi connectivity index (χ0) is 18.1. The van der Waals surface area contributed by atoms with Crippen molar-refractivity contribution in [3.05, 3.63) is 72.1 Å². The van der Waals surface area contributed by atoms with E-state index in [1.54, 1.807) is 18.3 Å². The maximum absolute atomic E-state index is 12.4. The zero-order valence-corrected chi connectivity index (χ0v) is 13.7. The summed E-state index contributed by atoms with van der Waals surface area (Å²) in [5.74, 6) is -1.74. The second-order valence-corrected chi connectivity index (χ2v) is 5.93. The minimum Gasteiger partial charge on any atom is -0.360 e. The maximum Gasteiger partial charge on any atom is 0.292 e. The predicted octanol–water partition coefficient (Wildman–Crippen LogP) is 2.83. The second-order valence-electron chi connectivity index (χ2n) is 5.93. The molecule has 6 heteroatoms. The number of aromatic amines is 2.